The lowest BCUT2D eigenvalue weighted by Gasteiger charge is -2.50. The van der Waals surface area contributed by atoms with Gasteiger partial charge in [-0.1, -0.05) is 36.4 Å². The first-order valence-electron chi connectivity index (χ1n) is 37.7. The highest BCUT2D eigenvalue weighted by atomic mass is 32.3. The SMILES string of the molecule is CC1(C)CC(OC(=O)Nc2ccccc2)CC(C)(C)N1O.CC1(C)CC(OS(=O)(=O)Oc2ccccc2)CC(C)(C)N1O.CCNC(=O)OC1CC(C)(C)N(O)C(C)(C)C1.CCOS(=O)(=O)OC1CC(C)(C)N(O)C(C)(C)C1.CNC(=O)OC1CC(C)(C)N(O)C(C)(C)C1.COS(=O)(=O)OC1CC(C)(C)N(O)C(C)(C)C1. The van der Waals surface area contributed by atoms with Crippen molar-refractivity contribution < 1.29 is 110 Å². The smallest absolute Gasteiger partial charge is 0.446 e. The van der Waals surface area contributed by atoms with Gasteiger partial charge in [0.05, 0.1) is 32.0 Å². The van der Waals surface area contributed by atoms with E-state index in [4.69, 9.17) is 30.9 Å². The van der Waals surface area contributed by atoms with Crippen LogP contribution >= 0.6 is 0 Å². The molecular weight excluding hydrogens is 1510 g/mol. The number of nitrogens with one attached hydrogen (secondary N) is 3. The first-order valence-corrected chi connectivity index (χ1v) is 41.7. The number of carbonyl (C=O) groups is 3. The first-order chi connectivity index (χ1) is 50.1. The summed E-state index contributed by atoms with van der Waals surface area (Å²) in [7, 11) is -9.43. The predicted molar refractivity (Wildman–Crippen MR) is 417 cm³/mol. The van der Waals surface area contributed by atoms with Gasteiger partial charge in [-0.15, -0.1) is 0 Å². The highest BCUT2D eigenvalue weighted by Crippen LogP contribution is 2.44. The van der Waals surface area contributed by atoms with Crippen molar-refractivity contribution in [2.45, 2.75) is 360 Å². The average molecular weight is 1650 g/mol. The summed E-state index contributed by atoms with van der Waals surface area (Å²) in [5.41, 5.74) is -5.07. The maximum absolute atomic E-state index is 12.1. The molecule has 3 amide bonds. The minimum Gasteiger partial charge on any atom is -0.446 e. The fraction of sp³-hybridized carbons (Fsp3) is 0.800. The molecule has 36 heteroatoms. The Morgan fingerprint density at radius 3 is 0.874 bits per heavy atom. The van der Waals surface area contributed by atoms with Crippen molar-refractivity contribution in [3.63, 3.8) is 0 Å². The zero-order valence-electron chi connectivity index (χ0n) is 71.1. The number of amides is 3. The lowest BCUT2D eigenvalue weighted by molar-refractivity contribution is -0.256. The number of benzene rings is 2. The van der Waals surface area contributed by atoms with Crippen LogP contribution in [0.4, 0.5) is 20.1 Å². The maximum atomic E-state index is 12.1. The number of carbonyl (C=O) groups excluding carboxylic acids is 3. The second kappa shape index (κ2) is 38.5. The van der Waals surface area contributed by atoms with E-state index in [2.05, 4.69) is 24.3 Å². The van der Waals surface area contributed by atoms with Crippen molar-refractivity contribution in [2.24, 2.45) is 0 Å². The fourth-order valence-corrected chi connectivity index (χ4v) is 18.4. The van der Waals surface area contributed by atoms with Crippen LogP contribution in [-0.2, 0) is 66.3 Å². The molecule has 0 radical (unpaired) electrons. The van der Waals surface area contributed by atoms with Gasteiger partial charge in [0, 0.05) is 124 Å². The Labute approximate surface area is 662 Å². The van der Waals surface area contributed by atoms with Crippen LogP contribution in [0, 0.1) is 0 Å². The molecule has 0 atom stereocenters. The van der Waals surface area contributed by atoms with Gasteiger partial charge in [-0.25, -0.2) is 31.1 Å². The number of ether oxygens (including phenoxy) is 3. The second-order valence-corrected chi connectivity index (χ2v) is 40.5. The molecule has 6 fully saturated rings. The number of hydrogen-bond donors (Lipinski definition) is 9. The second-order valence-electron chi connectivity index (χ2n) is 36.8. The molecule has 0 aromatic heterocycles. The Morgan fingerprint density at radius 1 is 0.369 bits per heavy atom. The van der Waals surface area contributed by atoms with E-state index in [0.717, 1.165) is 7.11 Å². The molecular formula is C75H137N9O24S3. The first kappa shape index (κ1) is 100. The maximum Gasteiger partial charge on any atom is 0.449 e. The van der Waals surface area contributed by atoms with E-state index in [0.29, 0.717) is 89.3 Å². The van der Waals surface area contributed by atoms with Crippen LogP contribution in [0.1, 0.15) is 257 Å². The molecule has 6 heterocycles. The number of rotatable bonds is 16. The molecule has 9 N–H and O–H groups in total. The van der Waals surface area contributed by atoms with Gasteiger partial charge in [0.2, 0.25) is 0 Å². The Bertz CT molecular complexity index is 3530. The molecule has 2 aromatic carbocycles. The summed E-state index contributed by atoms with van der Waals surface area (Å²) in [6, 6.07) is 17.4. The van der Waals surface area contributed by atoms with E-state index in [9.17, 15) is 70.9 Å². The zero-order chi connectivity index (χ0) is 85.8. The largest absolute Gasteiger partial charge is 0.449 e. The van der Waals surface area contributed by atoms with Crippen LogP contribution in [0.15, 0.2) is 60.7 Å². The standard InChI is InChI=1S/C16H24N2O3.C15H23NO5S.C12H24N2O3.C11H22N2O3.C11H23NO5S.C10H21NO5S/c1-15(2)10-13(11-16(3,4)18(15)20)21-14(19)17-12-8-6-5-7-9-12;1-14(2)10-13(11-15(3,4)16(14)17)21-22(18,19)20-12-8-6-5-7-9-12;1-6-13-10(15)17-9-7-11(2,3)14(16)12(4,5)8-9;1-10(2)6-8(16-9(14)12-5)7-11(3,4)13(10)15;1-6-16-18(14,15)17-9-7-10(2,3)12(13)11(4,5)8-9;1-9(2)6-8(16-17(13,14)15-5)7-10(3,4)11(9)12/h5-9,13,20H,10-11H2,1-4H3,(H,17,19);5-9,13,17H,10-11H2,1-4H3;9,16H,6-8H2,1-5H3,(H,13,15);8,15H,6-7H2,1-5H3,(H,12,14);9,13H,6-8H2,1-5H3;8,12H,6-7H2,1-5H3. The summed E-state index contributed by atoms with van der Waals surface area (Å²) in [6.07, 6.45) is 2.79. The lowest BCUT2D eigenvalue weighted by Crippen LogP contribution is -2.60. The van der Waals surface area contributed by atoms with E-state index in [1.54, 1.807) is 44.3 Å². The molecule has 0 unspecified atom stereocenters. The number of nitrogens with zero attached hydrogens (tertiary/aromatic N) is 6. The van der Waals surface area contributed by atoms with Gasteiger partial charge in [-0.05, 0) is 243 Å². The van der Waals surface area contributed by atoms with Gasteiger partial charge < -0.3 is 60.3 Å². The molecule has 0 spiro atoms. The summed E-state index contributed by atoms with van der Waals surface area (Å²) < 4.78 is 115. The average Bonchev–Trinajstić information content (AvgIpc) is 0.816. The Kier molecular flexibility index (Phi) is 34.9. The summed E-state index contributed by atoms with van der Waals surface area (Å²) in [6.45, 7) is 49.5. The molecule has 111 heavy (non-hydrogen) atoms. The zero-order valence-corrected chi connectivity index (χ0v) is 73.5. The van der Waals surface area contributed by atoms with Crippen LogP contribution in [0.2, 0.25) is 0 Å². The molecule has 6 saturated heterocycles. The Morgan fingerprint density at radius 2 is 0.613 bits per heavy atom. The normalized spacial score (nSPS) is 24.0. The highest BCUT2D eigenvalue weighted by molar-refractivity contribution is 7.82. The number of anilines is 1. The number of piperidine rings is 6. The topological polar surface area (TPSA) is 414 Å². The molecule has 33 nitrogen and oxygen atoms in total. The minimum atomic E-state index is -4.15. The molecule has 0 saturated carbocycles. The van der Waals surface area contributed by atoms with Gasteiger partial charge in [0.25, 0.3) is 0 Å². The van der Waals surface area contributed by atoms with Gasteiger partial charge in [0.1, 0.15) is 24.1 Å². The van der Waals surface area contributed by atoms with Crippen molar-refractivity contribution in [2.75, 3.05) is 32.6 Å². The summed E-state index contributed by atoms with van der Waals surface area (Å²) in [5.74, 6) is 0.209. The van der Waals surface area contributed by atoms with Crippen molar-refractivity contribution in [3.8, 4) is 5.75 Å². The van der Waals surface area contributed by atoms with Crippen molar-refractivity contribution in [1.29, 1.82) is 0 Å². The molecule has 0 aliphatic carbocycles. The highest BCUT2D eigenvalue weighted by Gasteiger charge is 2.52. The van der Waals surface area contributed by atoms with Crippen LogP contribution in [-0.4, -0.2) is 236 Å². The fourth-order valence-electron chi connectivity index (χ4n) is 16.2. The molecule has 2 aromatic rings. The van der Waals surface area contributed by atoms with Crippen molar-refractivity contribution >= 4 is 55.2 Å². The number of alkyl carbamates (subject to hydrolysis) is 2. The number of hydroxylamine groups is 12. The third-order valence-corrected chi connectivity index (χ3v) is 23.0. The van der Waals surface area contributed by atoms with Crippen LogP contribution in [0.5, 0.6) is 5.75 Å². The molecule has 6 aliphatic rings. The van der Waals surface area contributed by atoms with Gasteiger partial charge in [-0.2, -0.15) is 55.6 Å². The Balaban J connectivity index is 0.000000346. The number of para-hydroxylation sites is 2. The minimum absolute atomic E-state index is 0.0496. The van der Waals surface area contributed by atoms with Crippen LogP contribution < -0.4 is 20.1 Å². The van der Waals surface area contributed by atoms with E-state index in [1.165, 1.54) is 30.4 Å². The summed E-state index contributed by atoms with van der Waals surface area (Å²) in [4.78, 5) is 34.6. The monoisotopic (exact) mass is 1640 g/mol. The van der Waals surface area contributed by atoms with Gasteiger partial charge >= 0.3 is 49.5 Å². The molecule has 644 valence electrons. The third-order valence-electron chi connectivity index (χ3n) is 20.1. The van der Waals surface area contributed by atoms with E-state index >= 15 is 0 Å². The predicted octanol–water partition coefficient (Wildman–Crippen LogP) is 13.3. The van der Waals surface area contributed by atoms with E-state index in [1.807, 2.05) is 203 Å². The lowest BCUT2D eigenvalue weighted by atomic mass is 9.80. The number of hydrogen-bond acceptors (Lipinski definition) is 30. The van der Waals surface area contributed by atoms with Crippen LogP contribution in [0.25, 0.3) is 0 Å². The van der Waals surface area contributed by atoms with Gasteiger partial charge in [0.15, 0.2) is 0 Å². The summed E-state index contributed by atoms with van der Waals surface area (Å²) >= 11 is 0. The van der Waals surface area contributed by atoms with Gasteiger partial charge in [-0.3, -0.25) is 9.50 Å². The van der Waals surface area contributed by atoms with Crippen LogP contribution in [0.3, 0.4) is 0 Å². The Hall–Kier alpha value is -4.78. The molecule has 8 rings (SSSR count). The summed E-state index contributed by atoms with van der Waals surface area (Å²) in [5, 5.41) is 76.4. The quantitative estimate of drug-likeness (QED) is 0.0705. The van der Waals surface area contributed by atoms with Crippen molar-refractivity contribution in [1.82, 2.24) is 41.0 Å². The van der Waals surface area contributed by atoms with E-state index in [-0.39, 0.29) is 58.9 Å². The van der Waals surface area contributed by atoms with Crippen molar-refractivity contribution in [3.05, 3.63) is 60.7 Å². The molecule has 6 aliphatic heterocycles. The third kappa shape index (κ3) is 30.7. The van der Waals surface area contributed by atoms with E-state index < -0.39 is 106 Å². The molecule has 0 bridgehead atoms.